The summed E-state index contributed by atoms with van der Waals surface area (Å²) in [5, 5.41) is 2.59. The molecule has 4 nitrogen and oxygen atoms in total. The summed E-state index contributed by atoms with van der Waals surface area (Å²) >= 11 is 0. The lowest BCUT2D eigenvalue weighted by Crippen LogP contribution is -2.29. The lowest BCUT2D eigenvalue weighted by Gasteiger charge is -2.26. The molecule has 0 aliphatic heterocycles. The Hall–Kier alpha value is -2.02. The summed E-state index contributed by atoms with van der Waals surface area (Å²) < 4.78 is 1.62. The Balaban J connectivity index is 2.12. The molecular formula is C14H16N2O2. The van der Waals surface area contributed by atoms with Gasteiger partial charge in [0.05, 0.1) is 12.1 Å². The molecule has 1 heterocycles. The molecular weight excluding hydrogens is 228 g/mol. The first-order valence-electron chi connectivity index (χ1n) is 6.13. The number of nitrogens with zero attached hydrogens (tertiary/aromatic N) is 1. The molecule has 0 saturated heterocycles. The van der Waals surface area contributed by atoms with Crippen LogP contribution in [0.3, 0.4) is 0 Å². The van der Waals surface area contributed by atoms with Gasteiger partial charge in [-0.15, -0.1) is 6.42 Å². The van der Waals surface area contributed by atoms with Crippen LogP contribution in [0.25, 0.3) is 0 Å². The van der Waals surface area contributed by atoms with Gasteiger partial charge in [0, 0.05) is 18.8 Å². The Morgan fingerprint density at radius 1 is 1.50 bits per heavy atom. The van der Waals surface area contributed by atoms with Gasteiger partial charge in [0.25, 0.3) is 11.5 Å². The van der Waals surface area contributed by atoms with Crippen LogP contribution < -0.4 is 10.9 Å². The largest absolute Gasteiger partial charge is 0.341 e. The molecule has 1 N–H and O–H groups in total. The molecule has 1 aromatic heterocycles. The summed E-state index contributed by atoms with van der Waals surface area (Å²) in [6, 6.07) is 2.97. The summed E-state index contributed by atoms with van der Waals surface area (Å²) in [5.74, 6) is 2.68. The van der Waals surface area contributed by atoms with E-state index in [0.29, 0.717) is 18.0 Å². The van der Waals surface area contributed by atoms with Gasteiger partial charge in [0.1, 0.15) is 0 Å². The zero-order valence-corrected chi connectivity index (χ0v) is 10.2. The minimum atomic E-state index is -0.240. The maximum Gasteiger partial charge on any atom is 0.253 e. The maximum absolute atomic E-state index is 11.7. The van der Waals surface area contributed by atoms with E-state index in [4.69, 9.17) is 6.42 Å². The Kier molecular flexibility index (Phi) is 3.83. The number of nitrogens with one attached hydrogen (secondary N) is 1. The number of aromatic nitrogens is 1. The first-order valence-corrected chi connectivity index (χ1v) is 6.13. The summed E-state index contributed by atoms with van der Waals surface area (Å²) in [4.78, 5) is 23.4. The molecule has 18 heavy (non-hydrogen) atoms. The second-order valence-corrected chi connectivity index (χ2v) is 4.59. The highest BCUT2D eigenvalue weighted by Gasteiger charge is 2.18. The summed E-state index contributed by atoms with van der Waals surface area (Å²) in [6.07, 6.45) is 10.3. The average molecular weight is 244 g/mol. The Labute approximate surface area is 106 Å². The molecule has 2 rings (SSSR count). The van der Waals surface area contributed by atoms with Crippen molar-refractivity contribution < 1.29 is 4.79 Å². The van der Waals surface area contributed by atoms with Crippen molar-refractivity contribution in [3.8, 4) is 12.3 Å². The number of carbonyl (C=O) groups excluding carboxylic acids is 1. The van der Waals surface area contributed by atoms with Crippen LogP contribution in [-0.4, -0.2) is 17.0 Å². The smallest absolute Gasteiger partial charge is 0.253 e. The highest BCUT2D eigenvalue weighted by molar-refractivity contribution is 5.93. The topological polar surface area (TPSA) is 51.1 Å². The van der Waals surface area contributed by atoms with Crippen LogP contribution in [0.4, 0.5) is 0 Å². The van der Waals surface area contributed by atoms with Crippen LogP contribution in [0.5, 0.6) is 0 Å². The van der Waals surface area contributed by atoms with Crippen molar-refractivity contribution in [2.75, 3.05) is 6.54 Å². The standard InChI is InChI=1S/C14H16N2O2/c1-2-8-15-14(18)12-6-7-13(17)16(10-12)9-11-4-3-5-11/h1,6-7,10-11H,3-5,8-9H2,(H,15,18). The van der Waals surface area contributed by atoms with E-state index in [1.165, 1.54) is 31.4 Å². The average Bonchev–Trinajstić information content (AvgIpc) is 2.32. The van der Waals surface area contributed by atoms with E-state index in [1.807, 2.05) is 0 Å². The lowest BCUT2D eigenvalue weighted by molar-refractivity contribution is 0.0957. The third-order valence-corrected chi connectivity index (χ3v) is 3.28. The highest BCUT2D eigenvalue weighted by Crippen LogP contribution is 2.27. The maximum atomic E-state index is 11.7. The minimum Gasteiger partial charge on any atom is -0.341 e. The van der Waals surface area contributed by atoms with Crippen LogP contribution in [0.1, 0.15) is 29.6 Å². The number of hydrogen-bond acceptors (Lipinski definition) is 2. The van der Waals surface area contributed by atoms with Crippen molar-refractivity contribution in [3.63, 3.8) is 0 Å². The van der Waals surface area contributed by atoms with Crippen LogP contribution in [0, 0.1) is 18.3 Å². The number of carbonyl (C=O) groups is 1. The normalized spacial score (nSPS) is 14.6. The monoisotopic (exact) mass is 244 g/mol. The van der Waals surface area contributed by atoms with Crippen molar-refractivity contribution in [1.82, 2.24) is 9.88 Å². The van der Waals surface area contributed by atoms with E-state index in [1.54, 1.807) is 10.8 Å². The van der Waals surface area contributed by atoms with Gasteiger partial charge in [-0.1, -0.05) is 12.3 Å². The first-order chi connectivity index (χ1) is 8.70. The Morgan fingerprint density at radius 2 is 2.28 bits per heavy atom. The SMILES string of the molecule is C#CCNC(=O)c1ccc(=O)n(CC2CCC2)c1. The zero-order valence-electron chi connectivity index (χ0n) is 10.2. The summed E-state index contributed by atoms with van der Waals surface area (Å²) in [7, 11) is 0. The fraction of sp³-hybridized carbons (Fsp3) is 0.429. The van der Waals surface area contributed by atoms with Crippen molar-refractivity contribution in [2.24, 2.45) is 5.92 Å². The summed E-state index contributed by atoms with van der Waals surface area (Å²) in [5.41, 5.74) is 0.416. The van der Waals surface area contributed by atoms with Crippen LogP contribution in [0.2, 0.25) is 0 Å². The third kappa shape index (κ3) is 2.80. The fourth-order valence-electron chi connectivity index (χ4n) is 2.00. The van der Waals surface area contributed by atoms with Gasteiger partial charge in [0.2, 0.25) is 0 Å². The molecule has 0 radical (unpaired) electrons. The molecule has 1 aliphatic rings. The number of terminal acetylenes is 1. The number of pyridine rings is 1. The molecule has 0 atom stereocenters. The molecule has 1 fully saturated rings. The predicted molar refractivity (Wildman–Crippen MR) is 69.2 cm³/mol. The van der Waals surface area contributed by atoms with Crippen LogP contribution in [0.15, 0.2) is 23.1 Å². The third-order valence-electron chi connectivity index (χ3n) is 3.28. The quantitative estimate of drug-likeness (QED) is 0.804. The molecule has 0 aromatic carbocycles. The second-order valence-electron chi connectivity index (χ2n) is 4.59. The van der Waals surface area contributed by atoms with Crippen molar-refractivity contribution in [1.29, 1.82) is 0 Å². The zero-order chi connectivity index (χ0) is 13.0. The number of hydrogen-bond donors (Lipinski definition) is 1. The molecule has 1 saturated carbocycles. The minimum absolute atomic E-state index is 0.0598. The molecule has 1 amide bonds. The Bertz CT molecular complexity index is 535. The van der Waals surface area contributed by atoms with E-state index < -0.39 is 0 Å². The number of rotatable bonds is 4. The lowest BCUT2D eigenvalue weighted by atomic mass is 9.85. The molecule has 94 valence electrons. The van der Waals surface area contributed by atoms with Gasteiger partial charge in [-0.2, -0.15) is 0 Å². The van der Waals surface area contributed by atoms with E-state index >= 15 is 0 Å². The van der Waals surface area contributed by atoms with Crippen LogP contribution in [-0.2, 0) is 6.54 Å². The van der Waals surface area contributed by atoms with E-state index in [0.717, 1.165) is 0 Å². The van der Waals surface area contributed by atoms with E-state index in [2.05, 4.69) is 11.2 Å². The molecule has 0 bridgehead atoms. The van der Waals surface area contributed by atoms with Crippen molar-refractivity contribution in [2.45, 2.75) is 25.8 Å². The molecule has 1 aromatic rings. The van der Waals surface area contributed by atoms with Gasteiger partial charge in [-0.05, 0) is 24.8 Å². The van der Waals surface area contributed by atoms with Gasteiger partial charge in [-0.25, -0.2) is 0 Å². The molecule has 0 unspecified atom stereocenters. The molecule has 0 spiro atoms. The van der Waals surface area contributed by atoms with E-state index in [9.17, 15) is 9.59 Å². The first kappa shape index (κ1) is 12.4. The predicted octanol–water partition coefficient (Wildman–Crippen LogP) is 1.01. The second kappa shape index (κ2) is 5.54. The molecule has 4 heteroatoms. The van der Waals surface area contributed by atoms with Gasteiger partial charge in [0.15, 0.2) is 0 Å². The van der Waals surface area contributed by atoms with Gasteiger partial charge < -0.3 is 9.88 Å². The Morgan fingerprint density at radius 3 is 2.89 bits per heavy atom. The van der Waals surface area contributed by atoms with Crippen molar-refractivity contribution >= 4 is 5.91 Å². The van der Waals surface area contributed by atoms with Gasteiger partial charge in [-0.3, -0.25) is 9.59 Å². The number of amides is 1. The molecule has 1 aliphatic carbocycles. The van der Waals surface area contributed by atoms with E-state index in [-0.39, 0.29) is 18.0 Å². The highest BCUT2D eigenvalue weighted by atomic mass is 16.2. The van der Waals surface area contributed by atoms with Gasteiger partial charge >= 0.3 is 0 Å². The fourth-order valence-corrected chi connectivity index (χ4v) is 2.00. The van der Waals surface area contributed by atoms with Crippen molar-refractivity contribution in [3.05, 3.63) is 34.2 Å². The summed E-state index contributed by atoms with van der Waals surface area (Å²) in [6.45, 7) is 0.898. The van der Waals surface area contributed by atoms with Crippen LogP contribution >= 0.6 is 0 Å².